The zero-order chi connectivity index (χ0) is 19.7. The van der Waals surface area contributed by atoms with E-state index in [9.17, 15) is 0 Å². The minimum Gasteiger partial charge on any atom is -0.382 e. The summed E-state index contributed by atoms with van der Waals surface area (Å²) in [5, 5.41) is 3.10. The zero-order valence-corrected chi connectivity index (χ0v) is 16.7. The lowest BCUT2D eigenvalue weighted by molar-refractivity contribution is 0.966. The number of nitrogens with zero attached hydrogens (tertiary/aromatic N) is 4. The number of hydrogen-bond donors (Lipinski definition) is 1. The summed E-state index contributed by atoms with van der Waals surface area (Å²) in [5.41, 5.74) is 11.2. The fourth-order valence-electron chi connectivity index (χ4n) is 2.90. The highest BCUT2D eigenvalue weighted by Gasteiger charge is 2.08. The number of aromatic nitrogens is 4. The molecule has 138 valence electrons. The fraction of sp³-hybridized carbons (Fsp3) is 0.182. The Morgan fingerprint density at radius 2 is 1.89 bits per heavy atom. The second-order valence-electron chi connectivity index (χ2n) is 6.62. The third-order valence-corrected chi connectivity index (χ3v) is 5.42. The second kappa shape index (κ2) is 7.37. The van der Waals surface area contributed by atoms with Crippen LogP contribution in [0.5, 0.6) is 0 Å². The van der Waals surface area contributed by atoms with E-state index >= 15 is 0 Å². The standard InChI is InChI=1S/C22H19N5S/c1-13(22-24-14(2)12-28-22)7-8-16-5-4-6-17(11-16)18-9-10-19-20(27-18)21(23)26-15(3)25-19/h4-6,9-13H,1-3H3,(H2,23,25,26)/t13-/m0/s1. The van der Waals surface area contributed by atoms with Crippen LogP contribution in [0.1, 0.15) is 34.9 Å². The van der Waals surface area contributed by atoms with Crippen molar-refractivity contribution in [1.29, 1.82) is 0 Å². The number of fused-ring (bicyclic) bond motifs is 1. The smallest absolute Gasteiger partial charge is 0.153 e. The molecule has 28 heavy (non-hydrogen) atoms. The van der Waals surface area contributed by atoms with Gasteiger partial charge >= 0.3 is 0 Å². The van der Waals surface area contributed by atoms with Crippen LogP contribution >= 0.6 is 11.3 Å². The number of pyridine rings is 1. The predicted molar refractivity (Wildman–Crippen MR) is 114 cm³/mol. The topological polar surface area (TPSA) is 77.6 Å². The SMILES string of the molecule is Cc1csc([C@@H](C)C#Cc2cccc(-c3ccc4nc(C)nc(N)c4n3)c2)n1. The van der Waals surface area contributed by atoms with E-state index in [4.69, 9.17) is 5.73 Å². The van der Waals surface area contributed by atoms with Gasteiger partial charge in [-0.3, -0.25) is 0 Å². The number of rotatable bonds is 2. The maximum absolute atomic E-state index is 6.03. The van der Waals surface area contributed by atoms with Crippen LogP contribution in [0.2, 0.25) is 0 Å². The number of aryl methyl sites for hydroxylation is 2. The Labute approximate surface area is 167 Å². The van der Waals surface area contributed by atoms with Gasteiger partial charge in [0.05, 0.1) is 17.1 Å². The van der Waals surface area contributed by atoms with Gasteiger partial charge < -0.3 is 5.73 Å². The summed E-state index contributed by atoms with van der Waals surface area (Å²) in [6.45, 7) is 5.89. The molecule has 1 atom stereocenters. The van der Waals surface area contributed by atoms with E-state index in [-0.39, 0.29) is 5.92 Å². The van der Waals surface area contributed by atoms with Crippen molar-refractivity contribution in [3.05, 3.63) is 63.9 Å². The van der Waals surface area contributed by atoms with E-state index in [0.717, 1.165) is 33.0 Å². The molecule has 0 saturated carbocycles. The van der Waals surface area contributed by atoms with Crippen molar-refractivity contribution in [3.63, 3.8) is 0 Å². The number of anilines is 1. The van der Waals surface area contributed by atoms with Crippen LogP contribution in [-0.2, 0) is 0 Å². The predicted octanol–water partition coefficient (Wildman–Crippen LogP) is 4.50. The molecule has 0 saturated heterocycles. The molecule has 4 aromatic rings. The summed E-state index contributed by atoms with van der Waals surface area (Å²) in [7, 11) is 0. The number of nitrogens with two attached hydrogens (primary N) is 1. The van der Waals surface area contributed by atoms with Gasteiger partial charge in [0.1, 0.15) is 16.3 Å². The van der Waals surface area contributed by atoms with Gasteiger partial charge in [-0.2, -0.15) is 0 Å². The van der Waals surface area contributed by atoms with Gasteiger partial charge in [-0.15, -0.1) is 11.3 Å². The van der Waals surface area contributed by atoms with Crippen molar-refractivity contribution in [2.24, 2.45) is 0 Å². The second-order valence-corrected chi connectivity index (χ2v) is 7.51. The summed E-state index contributed by atoms with van der Waals surface area (Å²) >= 11 is 1.65. The third-order valence-electron chi connectivity index (χ3n) is 4.28. The summed E-state index contributed by atoms with van der Waals surface area (Å²) in [4.78, 5) is 17.8. The molecule has 0 aliphatic heterocycles. The Morgan fingerprint density at radius 3 is 2.68 bits per heavy atom. The molecule has 2 N–H and O–H groups in total. The van der Waals surface area contributed by atoms with Gasteiger partial charge in [-0.25, -0.2) is 19.9 Å². The molecule has 0 amide bonds. The lowest BCUT2D eigenvalue weighted by Gasteiger charge is -2.06. The molecule has 3 heterocycles. The van der Waals surface area contributed by atoms with Crippen molar-refractivity contribution in [1.82, 2.24) is 19.9 Å². The van der Waals surface area contributed by atoms with E-state index in [1.165, 1.54) is 0 Å². The molecule has 0 unspecified atom stereocenters. The van der Waals surface area contributed by atoms with E-state index in [2.05, 4.69) is 44.1 Å². The molecule has 1 aromatic carbocycles. The summed E-state index contributed by atoms with van der Waals surface area (Å²) in [6.07, 6.45) is 0. The number of benzene rings is 1. The van der Waals surface area contributed by atoms with Crippen LogP contribution in [0.3, 0.4) is 0 Å². The van der Waals surface area contributed by atoms with Crippen molar-refractivity contribution in [3.8, 4) is 23.1 Å². The summed E-state index contributed by atoms with van der Waals surface area (Å²) in [6, 6.07) is 11.9. The third kappa shape index (κ3) is 3.71. The van der Waals surface area contributed by atoms with Gasteiger partial charge in [-0.1, -0.05) is 24.0 Å². The largest absolute Gasteiger partial charge is 0.382 e. The molecular weight excluding hydrogens is 366 g/mol. The molecule has 6 heteroatoms. The van der Waals surface area contributed by atoms with Crippen LogP contribution in [0.4, 0.5) is 5.82 Å². The molecule has 0 bridgehead atoms. The molecule has 0 radical (unpaired) electrons. The molecule has 4 rings (SSSR count). The number of nitrogen functional groups attached to an aromatic ring is 1. The van der Waals surface area contributed by atoms with Crippen LogP contribution in [0, 0.1) is 25.7 Å². The zero-order valence-electron chi connectivity index (χ0n) is 15.9. The number of thiazole rings is 1. The minimum absolute atomic E-state index is 0.0985. The molecule has 0 fully saturated rings. The molecule has 0 aliphatic rings. The van der Waals surface area contributed by atoms with Crippen molar-refractivity contribution in [2.75, 3.05) is 5.73 Å². The minimum atomic E-state index is 0.0985. The Kier molecular flexibility index (Phi) is 4.76. The Hall–Kier alpha value is -3.30. The lowest BCUT2D eigenvalue weighted by Crippen LogP contribution is -1.99. The van der Waals surface area contributed by atoms with Gasteiger partial charge in [0, 0.05) is 22.2 Å². The first-order chi connectivity index (χ1) is 13.5. The van der Waals surface area contributed by atoms with Gasteiger partial charge in [0.2, 0.25) is 0 Å². The number of hydrogen-bond acceptors (Lipinski definition) is 6. The Balaban J connectivity index is 1.66. The maximum atomic E-state index is 6.03. The maximum Gasteiger partial charge on any atom is 0.153 e. The van der Waals surface area contributed by atoms with Gasteiger partial charge in [-0.05, 0) is 45.0 Å². The van der Waals surface area contributed by atoms with Crippen molar-refractivity contribution >= 4 is 28.2 Å². The lowest BCUT2D eigenvalue weighted by atomic mass is 10.1. The average Bonchev–Trinajstić information content (AvgIpc) is 3.12. The summed E-state index contributed by atoms with van der Waals surface area (Å²) < 4.78 is 0. The van der Waals surface area contributed by atoms with Crippen LogP contribution in [-0.4, -0.2) is 19.9 Å². The molecule has 5 nitrogen and oxygen atoms in total. The molecule has 0 spiro atoms. The molecule has 3 aromatic heterocycles. The van der Waals surface area contributed by atoms with Crippen LogP contribution in [0.25, 0.3) is 22.3 Å². The fourth-order valence-corrected chi connectivity index (χ4v) is 3.70. The highest BCUT2D eigenvalue weighted by atomic mass is 32.1. The van der Waals surface area contributed by atoms with Gasteiger partial charge in [0.15, 0.2) is 5.82 Å². The van der Waals surface area contributed by atoms with E-state index < -0.39 is 0 Å². The Morgan fingerprint density at radius 1 is 1.04 bits per heavy atom. The molecule has 0 aliphatic carbocycles. The Bertz CT molecular complexity index is 1230. The first kappa shape index (κ1) is 18.1. The van der Waals surface area contributed by atoms with Crippen LogP contribution in [0.15, 0.2) is 41.8 Å². The summed E-state index contributed by atoms with van der Waals surface area (Å²) in [5.74, 6) is 7.68. The first-order valence-electron chi connectivity index (χ1n) is 8.94. The van der Waals surface area contributed by atoms with E-state index in [1.807, 2.05) is 50.2 Å². The highest BCUT2D eigenvalue weighted by Crippen LogP contribution is 2.24. The van der Waals surface area contributed by atoms with E-state index in [1.54, 1.807) is 11.3 Å². The highest BCUT2D eigenvalue weighted by molar-refractivity contribution is 7.09. The van der Waals surface area contributed by atoms with Gasteiger partial charge in [0.25, 0.3) is 0 Å². The van der Waals surface area contributed by atoms with Crippen molar-refractivity contribution in [2.45, 2.75) is 26.7 Å². The monoisotopic (exact) mass is 385 g/mol. The average molecular weight is 385 g/mol. The first-order valence-corrected chi connectivity index (χ1v) is 9.82. The van der Waals surface area contributed by atoms with Crippen molar-refractivity contribution < 1.29 is 0 Å². The quantitative estimate of drug-likeness (QED) is 0.514. The van der Waals surface area contributed by atoms with Crippen LogP contribution < -0.4 is 5.73 Å². The normalized spacial score (nSPS) is 11.8. The van der Waals surface area contributed by atoms with E-state index in [0.29, 0.717) is 17.2 Å². The molecular formula is C22H19N5S.